The summed E-state index contributed by atoms with van der Waals surface area (Å²) < 4.78 is 23.3. The van der Waals surface area contributed by atoms with Crippen LogP contribution >= 0.6 is 7.82 Å². The first-order valence-electron chi connectivity index (χ1n) is 27.2. The number of hydrogen-bond donors (Lipinski definition) is 2. The zero-order chi connectivity index (χ0) is 46.4. The van der Waals surface area contributed by atoms with Gasteiger partial charge in [0, 0.05) is 6.42 Å². The highest BCUT2D eigenvalue weighted by molar-refractivity contribution is 7.45. The van der Waals surface area contributed by atoms with Crippen molar-refractivity contribution in [3.63, 3.8) is 0 Å². The largest absolute Gasteiger partial charge is 0.756 e. The maximum Gasteiger partial charge on any atom is 0.268 e. The Kier molecular flexibility index (Phi) is 45.4. The standard InChI is InChI=1S/C54H107N2O6P/c1-6-8-10-12-14-16-18-20-22-24-25-26-27-28-29-30-31-32-34-36-38-40-42-44-46-48-54(58)55-52(51-62-63(59,60)61-50-49-56(3,4)5)53(57)47-45-43-41-39-37-35-33-23-21-19-17-15-13-11-9-7-2/h37,39,45,47,52-53,57H,6-36,38,40-44,46,48-51H2,1-5H3,(H-,55,58,59,60)/b39-37+,47-45+. The number of carbonyl (C=O) groups excluding carboxylic acids is 1. The number of allylic oxidation sites excluding steroid dienone is 3. The summed E-state index contributed by atoms with van der Waals surface area (Å²) in [7, 11) is 1.25. The average molecular weight is 911 g/mol. The molecule has 8 nitrogen and oxygen atoms in total. The van der Waals surface area contributed by atoms with Crippen LogP contribution in [0.5, 0.6) is 0 Å². The Balaban J connectivity index is 4.20. The van der Waals surface area contributed by atoms with Crippen LogP contribution in [-0.2, 0) is 18.4 Å². The maximum atomic E-state index is 12.9. The van der Waals surface area contributed by atoms with Gasteiger partial charge in [0.15, 0.2) is 0 Å². The van der Waals surface area contributed by atoms with Crippen molar-refractivity contribution in [2.75, 3.05) is 40.9 Å². The Morgan fingerprint density at radius 1 is 0.540 bits per heavy atom. The number of nitrogens with one attached hydrogen (secondary N) is 1. The van der Waals surface area contributed by atoms with E-state index in [2.05, 4.69) is 31.3 Å². The Labute approximate surface area is 392 Å². The molecule has 1 amide bonds. The molecule has 3 unspecified atom stereocenters. The lowest BCUT2D eigenvalue weighted by Gasteiger charge is -2.29. The van der Waals surface area contributed by atoms with Gasteiger partial charge < -0.3 is 28.8 Å². The molecule has 0 saturated heterocycles. The molecule has 0 aromatic rings. The van der Waals surface area contributed by atoms with E-state index in [9.17, 15) is 19.4 Å². The minimum Gasteiger partial charge on any atom is -0.756 e. The number of likely N-dealkylation sites (N-methyl/N-ethyl adjacent to an activating group) is 1. The molecule has 3 atom stereocenters. The second-order valence-corrected chi connectivity index (χ2v) is 21.3. The minimum absolute atomic E-state index is 0.00391. The monoisotopic (exact) mass is 911 g/mol. The first-order valence-corrected chi connectivity index (χ1v) is 28.7. The van der Waals surface area contributed by atoms with Gasteiger partial charge in [-0.25, -0.2) is 0 Å². The fourth-order valence-electron chi connectivity index (χ4n) is 8.11. The highest BCUT2D eigenvalue weighted by Gasteiger charge is 2.23. The molecule has 0 aromatic carbocycles. The quantitative estimate of drug-likeness (QED) is 0.0272. The number of rotatable bonds is 50. The van der Waals surface area contributed by atoms with Gasteiger partial charge in [0.1, 0.15) is 13.2 Å². The van der Waals surface area contributed by atoms with Crippen molar-refractivity contribution < 1.29 is 32.9 Å². The molecule has 0 heterocycles. The van der Waals surface area contributed by atoms with Gasteiger partial charge in [-0.1, -0.05) is 250 Å². The van der Waals surface area contributed by atoms with E-state index in [0.29, 0.717) is 17.4 Å². The summed E-state index contributed by atoms with van der Waals surface area (Å²) in [5.41, 5.74) is 0. The summed E-state index contributed by atoms with van der Waals surface area (Å²) in [6.07, 6.45) is 56.8. The number of amides is 1. The average Bonchev–Trinajstić information content (AvgIpc) is 3.24. The van der Waals surface area contributed by atoms with Gasteiger partial charge in [-0.3, -0.25) is 9.36 Å². The number of carbonyl (C=O) groups is 1. The number of aliphatic hydroxyl groups excluding tert-OH is 1. The highest BCUT2D eigenvalue weighted by atomic mass is 31.2. The van der Waals surface area contributed by atoms with E-state index >= 15 is 0 Å². The van der Waals surface area contributed by atoms with E-state index in [4.69, 9.17) is 9.05 Å². The maximum absolute atomic E-state index is 12.9. The van der Waals surface area contributed by atoms with Gasteiger partial charge in [-0.15, -0.1) is 0 Å². The third-order valence-corrected chi connectivity index (χ3v) is 13.4. The molecule has 0 rings (SSSR count). The molecule has 0 bridgehead atoms. The number of aliphatic hydroxyl groups is 1. The topological polar surface area (TPSA) is 108 Å². The zero-order valence-electron chi connectivity index (χ0n) is 42.5. The summed E-state index contributed by atoms with van der Waals surface area (Å²) >= 11 is 0. The van der Waals surface area contributed by atoms with E-state index < -0.39 is 20.0 Å². The number of hydrogen-bond acceptors (Lipinski definition) is 6. The third kappa shape index (κ3) is 48.7. The highest BCUT2D eigenvalue weighted by Crippen LogP contribution is 2.38. The molecule has 0 aromatic heterocycles. The minimum atomic E-state index is -4.60. The molecule has 63 heavy (non-hydrogen) atoms. The van der Waals surface area contributed by atoms with Crippen LogP contribution in [-0.4, -0.2) is 68.5 Å². The molecule has 0 aliphatic carbocycles. The fraction of sp³-hybridized carbons (Fsp3) is 0.907. The van der Waals surface area contributed by atoms with Crippen molar-refractivity contribution in [2.24, 2.45) is 0 Å². The summed E-state index contributed by atoms with van der Waals surface area (Å²) in [5.74, 6) is -0.202. The summed E-state index contributed by atoms with van der Waals surface area (Å²) in [6.45, 7) is 4.66. The van der Waals surface area contributed by atoms with Crippen LogP contribution in [0.4, 0.5) is 0 Å². The van der Waals surface area contributed by atoms with E-state index in [0.717, 1.165) is 38.5 Å². The Hall–Kier alpha value is -1.02. The lowest BCUT2D eigenvalue weighted by Crippen LogP contribution is -2.45. The van der Waals surface area contributed by atoms with Gasteiger partial charge in [0.25, 0.3) is 7.82 Å². The zero-order valence-corrected chi connectivity index (χ0v) is 43.4. The molecule has 0 radical (unpaired) electrons. The lowest BCUT2D eigenvalue weighted by atomic mass is 10.0. The van der Waals surface area contributed by atoms with Gasteiger partial charge in [0.2, 0.25) is 5.91 Å². The Morgan fingerprint density at radius 3 is 1.29 bits per heavy atom. The fourth-order valence-corrected chi connectivity index (χ4v) is 8.84. The van der Waals surface area contributed by atoms with Crippen LogP contribution in [0.25, 0.3) is 0 Å². The molecule has 2 N–H and O–H groups in total. The van der Waals surface area contributed by atoms with Crippen LogP contribution in [0, 0.1) is 0 Å². The number of phosphoric acid groups is 1. The third-order valence-electron chi connectivity index (χ3n) is 12.4. The summed E-state index contributed by atoms with van der Waals surface area (Å²) in [6, 6.07) is -0.899. The van der Waals surface area contributed by atoms with Crippen LogP contribution in [0.2, 0.25) is 0 Å². The first-order chi connectivity index (χ1) is 30.5. The first kappa shape index (κ1) is 62.0. The predicted molar refractivity (Wildman–Crippen MR) is 270 cm³/mol. The van der Waals surface area contributed by atoms with E-state index in [-0.39, 0.29) is 19.1 Å². The van der Waals surface area contributed by atoms with E-state index in [1.807, 2.05) is 27.2 Å². The van der Waals surface area contributed by atoms with Gasteiger partial charge in [0.05, 0.1) is 39.9 Å². The lowest BCUT2D eigenvalue weighted by molar-refractivity contribution is -0.870. The molecule has 0 aliphatic rings. The van der Waals surface area contributed by atoms with Crippen molar-refractivity contribution in [3.05, 3.63) is 24.3 Å². The van der Waals surface area contributed by atoms with Crippen molar-refractivity contribution in [1.29, 1.82) is 0 Å². The van der Waals surface area contributed by atoms with Crippen molar-refractivity contribution in [3.8, 4) is 0 Å². The molecule has 0 fully saturated rings. The van der Waals surface area contributed by atoms with Gasteiger partial charge in [-0.2, -0.15) is 0 Å². The van der Waals surface area contributed by atoms with Crippen LogP contribution < -0.4 is 10.2 Å². The second-order valence-electron chi connectivity index (χ2n) is 19.9. The summed E-state index contributed by atoms with van der Waals surface area (Å²) in [5, 5.41) is 13.8. The normalized spacial score (nSPS) is 14.2. The van der Waals surface area contributed by atoms with Crippen LogP contribution in [0.3, 0.4) is 0 Å². The number of quaternary nitrogens is 1. The molecule has 0 saturated carbocycles. The SMILES string of the molecule is CCCCCCCCCCCC/C=C/CC/C=C/C(O)C(COP(=O)([O-])OCC[N+](C)(C)C)NC(=O)CCCCCCCCCCCCCCCCCCCCCCCCCCC. The molecule has 0 spiro atoms. The Bertz CT molecular complexity index is 1080. The van der Waals surface area contributed by atoms with Gasteiger partial charge in [-0.05, 0) is 32.1 Å². The number of nitrogens with zero attached hydrogens (tertiary/aromatic N) is 1. The van der Waals surface area contributed by atoms with Gasteiger partial charge >= 0.3 is 0 Å². The van der Waals surface area contributed by atoms with Crippen LogP contribution in [0.15, 0.2) is 24.3 Å². The molecule has 9 heteroatoms. The molecular formula is C54H107N2O6P. The number of phosphoric ester groups is 1. The summed E-state index contributed by atoms with van der Waals surface area (Å²) in [4.78, 5) is 25.4. The van der Waals surface area contributed by atoms with E-state index in [1.165, 1.54) is 205 Å². The Morgan fingerprint density at radius 2 is 0.889 bits per heavy atom. The molecule has 374 valence electrons. The van der Waals surface area contributed by atoms with Crippen molar-refractivity contribution >= 4 is 13.7 Å². The predicted octanol–water partition coefficient (Wildman–Crippen LogP) is 15.4. The smallest absolute Gasteiger partial charge is 0.268 e. The van der Waals surface area contributed by atoms with Crippen molar-refractivity contribution in [2.45, 2.75) is 276 Å². The number of unbranched alkanes of at least 4 members (excludes halogenated alkanes) is 35. The molecular weight excluding hydrogens is 804 g/mol. The van der Waals surface area contributed by atoms with Crippen LogP contribution in [0.1, 0.15) is 264 Å². The van der Waals surface area contributed by atoms with Crippen molar-refractivity contribution in [1.82, 2.24) is 5.32 Å². The van der Waals surface area contributed by atoms with E-state index in [1.54, 1.807) is 6.08 Å². The molecule has 0 aliphatic heterocycles. The second kappa shape index (κ2) is 46.1.